The molecule has 1 aromatic rings. The van der Waals surface area contributed by atoms with Gasteiger partial charge in [0.2, 0.25) is 0 Å². The van der Waals surface area contributed by atoms with Gasteiger partial charge in [-0.25, -0.2) is 8.42 Å². The fraction of sp³-hybridized carbons (Fsp3) is 0.333. The largest absolute Gasteiger partial charge is 0.454 e. The van der Waals surface area contributed by atoms with E-state index in [4.69, 9.17) is 4.42 Å². The lowest BCUT2D eigenvalue weighted by molar-refractivity contribution is 0.456. The number of rotatable bonds is 3. The van der Waals surface area contributed by atoms with Gasteiger partial charge in [-0.15, -0.1) is 0 Å². The van der Waals surface area contributed by atoms with Gasteiger partial charge in [0.15, 0.2) is 13.6 Å². The van der Waals surface area contributed by atoms with Crippen LogP contribution in [0.3, 0.4) is 0 Å². The molecule has 4 nitrogen and oxygen atoms in total. The summed E-state index contributed by atoms with van der Waals surface area (Å²) in [6.07, 6.45) is 1.67. The minimum atomic E-state index is -2.97. The van der Waals surface area contributed by atoms with Crippen LogP contribution in [0.1, 0.15) is 5.76 Å². The molecule has 0 saturated carbocycles. The van der Waals surface area contributed by atoms with E-state index in [0.717, 1.165) is 9.53 Å². The lowest BCUT2D eigenvalue weighted by atomic mass is 10.3. The summed E-state index contributed by atoms with van der Waals surface area (Å²) in [6.45, 7) is 0.549. The maximum Gasteiger partial charge on any atom is 0.173 e. The Hall–Kier alpha value is -0.340. The molecule has 0 bridgehead atoms. The summed E-state index contributed by atoms with van der Waals surface area (Å²) in [6, 6.07) is 3.65. The van der Waals surface area contributed by atoms with Crippen molar-refractivity contribution in [1.82, 2.24) is 5.32 Å². The zero-order valence-electron chi connectivity index (χ0n) is 7.81. The van der Waals surface area contributed by atoms with Crippen LogP contribution in [0.25, 0.3) is 0 Å². The van der Waals surface area contributed by atoms with E-state index in [-0.39, 0.29) is 11.8 Å². The van der Waals surface area contributed by atoms with Crippen LogP contribution in [0.4, 0.5) is 0 Å². The smallest absolute Gasteiger partial charge is 0.173 e. The fourth-order valence-corrected chi connectivity index (χ4v) is 3.11. The topological polar surface area (TPSA) is 59.3 Å². The zero-order chi connectivity index (χ0) is 10.9. The highest BCUT2D eigenvalue weighted by Crippen LogP contribution is 2.12. The van der Waals surface area contributed by atoms with Crippen LogP contribution in [0.15, 0.2) is 28.0 Å². The highest BCUT2D eigenvalue weighted by molar-refractivity contribution is 14.1. The molecule has 1 aliphatic rings. The summed E-state index contributed by atoms with van der Waals surface area (Å²) in [5.74, 6) is 0.960. The Bertz CT molecular complexity index is 477. The first kappa shape index (κ1) is 11.2. The molecule has 1 unspecified atom stereocenters. The minimum Gasteiger partial charge on any atom is -0.454 e. The number of hydrogen-bond acceptors (Lipinski definition) is 4. The van der Waals surface area contributed by atoms with Crippen LogP contribution in [-0.2, 0) is 16.4 Å². The number of halogens is 1. The molecule has 1 aliphatic heterocycles. The average Bonchev–Trinajstić information content (AvgIpc) is 2.69. The maximum atomic E-state index is 11.1. The van der Waals surface area contributed by atoms with Gasteiger partial charge in [-0.2, -0.15) is 0 Å². The van der Waals surface area contributed by atoms with E-state index in [9.17, 15) is 8.42 Å². The van der Waals surface area contributed by atoms with Crippen LogP contribution in [0.5, 0.6) is 0 Å². The van der Waals surface area contributed by atoms with E-state index in [1.165, 1.54) is 5.41 Å². The van der Waals surface area contributed by atoms with E-state index in [2.05, 4.69) is 27.9 Å². The Balaban J connectivity index is 1.88. The van der Waals surface area contributed by atoms with Gasteiger partial charge in [0, 0.05) is 11.4 Å². The average molecular weight is 339 g/mol. The summed E-state index contributed by atoms with van der Waals surface area (Å²) in [5.41, 5.74) is 0. The molecular weight excluding hydrogens is 329 g/mol. The van der Waals surface area contributed by atoms with Gasteiger partial charge < -0.3 is 9.73 Å². The van der Waals surface area contributed by atoms with E-state index in [1.54, 1.807) is 6.08 Å². The van der Waals surface area contributed by atoms with Gasteiger partial charge in [0.1, 0.15) is 5.76 Å². The van der Waals surface area contributed by atoms with Crippen LogP contribution >= 0.6 is 22.6 Å². The molecule has 1 N–H and O–H groups in total. The highest BCUT2D eigenvalue weighted by Gasteiger charge is 2.21. The number of hydrogen-bond donors (Lipinski definition) is 1. The van der Waals surface area contributed by atoms with Gasteiger partial charge in [-0.05, 0) is 34.7 Å². The molecule has 15 heavy (non-hydrogen) atoms. The molecule has 82 valence electrons. The molecule has 0 fully saturated rings. The maximum absolute atomic E-state index is 11.1. The Labute approximate surface area is 102 Å². The quantitative estimate of drug-likeness (QED) is 0.843. The standard InChI is InChI=1S/C9H10INO3S/c10-9-2-1-8(14-9)5-11-7-3-4-15(12,13)6-7/h1-4,7,11H,5-6H2. The second-order valence-electron chi connectivity index (χ2n) is 3.35. The van der Waals surface area contributed by atoms with Crippen LogP contribution < -0.4 is 5.32 Å². The normalized spacial score (nSPS) is 23.4. The molecule has 0 saturated heterocycles. The van der Waals surface area contributed by atoms with Crippen molar-refractivity contribution in [3.05, 3.63) is 33.1 Å². The lowest BCUT2D eigenvalue weighted by Crippen LogP contribution is -2.29. The lowest BCUT2D eigenvalue weighted by Gasteiger charge is -2.07. The monoisotopic (exact) mass is 339 g/mol. The third-order valence-electron chi connectivity index (χ3n) is 2.10. The third-order valence-corrected chi connectivity index (χ3v) is 4.07. The van der Waals surface area contributed by atoms with Gasteiger partial charge in [0.25, 0.3) is 0 Å². The molecule has 0 aliphatic carbocycles. The van der Waals surface area contributed by atoms with Crippen molar-refractivity contribution in [2.45, 2.75) is 12.6 Å². The van der Waals surface area contributed by atoms with Crippen LogP contribution in [-0.4, -0.2) is 20.2 Å². The minimum absolute atomic E-state index is 0.0993. The Morgan fingerprint density at radius 2 is 2.33 bits per heavy atom. The second-order valence-corrected chi connectivity index (χ2v) is 6.35. The van der Waals surface area contributed by atoms with Gasteiger partial charge in [0.05, 0.1) is 12.3 Å². The molecule has 0 aromatic carbocycles. The first-order chi connectivity index (χ1) is 7.05. The predicted octanol–water partition coefficient (Wildman–Crippen LogP) is 1.28. The SMILES string of the molecule is O=S1(=O)C=CC(NCc2ccc(I)o2)C1. The van der Waals surface area contributed by atoms with Crippen molar-refractivity contribution < 1.29 is 12.8 Å². The van der Waals surface area contributed by atoms with E-state index < -0.39 is 9.84 Å². The van der Waals surface area contributed by atoms with Crippen molar-refractivity contribution in [1.29, 1.82) is 0 Å². The summed E-state index contributed by atoms with van der Waals surface area (Å²) >= 11 is 2.09. The molecule has 2 rings (SSSR count). The molecule has 1 aromatic heterocycles. The Morgan fingerprint density at radius 1 is 1.53 bits per heavy atom. The van der Waals surface area contributed by atoms with E-state index in [1.807, 2.05) is 12.1 Å². The molecule has 0 spiro atoms. The van der Waals surface area contributed by atoms with Crippen molar-refractivity contribution in [3.63, 3.8) is 0 Å². The van der Waals surface area contributed by atoms with Gasteiger partial charge >= 0.3 is 0 Å². The highest BCUT2D eigenvalue weighted by atomic mass is 127. The summed E-state index contributed by atoms with van der Waals surface area (Å²) in [4.78, 5) is 0. The predicted molar refractivity (Wildman–Crippen MR) is 65.0 cm³/mol. The van der Waals surface area contributed by atoms with Crippen molar-refractivity contribution in [2.24, 2.45) is 0 Å². The van der Waals surface area contributed by atoms with E-state index in [0.29, 0.717) is 6.54 Å². The van der Waals surface area contributed by atoms with Crippen LogP contribution in [0, 0.1) is 3.77 Å². The fourth-order valence-electron chi connectivity index (χ4n) is 1.38. The number of nitrogens with one attached hydrogen (secondary N) is 1. The summed E-state index contributed by atoms with van der Waals surface area (Å²) < 4.78 is 28.4. The van der Waals surface area contributed by atoms with Gasteiger partial charge in [-0.1, -0.05) is 6.08 Å². The molecule has 0 radical (unpaired) electrons. The van der Waals surface area contributed by atoms with Crippen molar-refractivity contribution in [2.75, 3.05) is 5.75 Å². The summed E-state index contributed by atoms with van der Waals surface area (Å²) in [5, 5.41) is 4.36. The Morgan fingerprint density at radius 3 is 2.87 bits per heavy atom. The van der Waals surface area contributed by atoms with Crippen LogP contribution in [0.2, 0.25) is 0 Å². The molecule has 6 heteroatoms. The second kappa shape index (κ2) is 4.26. The van der Waals surface area contributed by atoms with E-state index >= 15 is 0 Å². The van der Waals surface area contributed by atoms with Crippen molar-refractivity contribution in [3.8, 4) is 0 Å². The van der Waals surface area contributed by atoms with Gasteiger partial charge in [-0.3, -0.25) is 0 Å². The molecule has 0 amide bonds. The first-order valence-corrected chi connectivity index (χ1v) is 7.23. The molecule has 2 heterocycles. The molecule has 1 atom stereocenters. The third kappa shape index (κ3) is 3.05. The molecular formula is C9H10INO3S. The zero-order valence-corrected chi connectivity index (χ0v) is 10.8. The van der Waals surface area contributed by atoms with Crippen molar-refractivity contribution >= 4 is 32.4 Å². The number of sulfone groups is 1. The Kier molecular flexibility index (Phi) is 3.17. The number of furan rings is 1. The summed E-state index contributed by atoms with van der Waals surface area (Å²) in [7, 11) is -2.97. The first-order valence-electron chi connectivity index (χ1n) is 4.44.